The molecule has 4 heterocycles. The lowest BCUT2D eigenvalue weighted by atomic mass is 9.36. The summed E-state index contributed by atoms with van der Waals surface area (Å²) in [6.07, 6.45) is 0. The fourth-order valence-corrected chi connectivity index (χ4v) is 14.6. The van der Waals surface area contributed by atoms with Crippen molar-refractivity contribution in [2.24, 2.45) is 0 Å². The van der Waals surface area contributed by atoms with Crippen LogP contribution in [0, 0.1) is 0 Å². The maximum Gasteiger partial charge on any atom is 0.248 e. The molecule has 0 atom stereocenters. The van der Waals surface area contributed by atoms with Crippen LogP contribution in [0.2, 0.25) is 0 Å². The van der Waals surface area contributed by atoms with Crippen molar-refractivity contribution in [1.29, 1.82) is 0 Å². The number of benzene rings is 10. The number of hydrogen-bond acceptors (Lipinski definition) is 5. The molecule has 0 bridgehead atoms. The number of thiophene rings is 1. The quantitative estimate of drug-likeness (QED) is 0.148. The van der Waals surface area contributed by atoms with Crippen molar-refractivity contribution in [2.75, 3.05) is 9.80 Å². The van der Waals surface area contributed by atoms with Gasteiger partial charge in [0.05, 0.1) is 16.7 Å². The van der Waals surface area contributed by atoms with Gasteiger partial charge in [0.1, 0.15) is 0 Å². The molecule has 2 aromatic heterocycles. The Balaban J connectivity index is 1.06. The van der Waals surface area contributed by atoms with Crippen molar-refractivity contribution >= 4 is 134 Å². The first-order valence-corrected chi connectivity index (χ1v) is 25.1. The first-order valence-electron chi connectivity index (χ1n) is 22.7. The van der Waals surface area contributed by atoms with E-state index in [0.29, 0.717) is 0 Å². The minimum atomic E-state index is 0.0205. The molecule has 3 nitrogen and oxygen atoms in total. The number of fused-ring (bicyclic) bond motifs is 11. The van der Waals surface area contributed by atoms with Crippen LogP contribution in [-0.2, 0) is 0 Å². The molecule has 0 unspecified atom stereocenters. The Bertz CT molecular complexity index is 3740. The smallest absolute Gasteiger partial charge is 0.248 e. The fourth-order valence-electron chi connectivity index (χ4n) is 10.6. The third kappa shape index (κ3) is 6.15. The highest BCUT2D eigenvalue weighted by atomic mass is 32.2. The first-order chi connectivity index (χ1) is 33.2. The van der Waals surface area contributed by atoms with E-state index < -0.39 is 0 Å². The Morgan fingerprint density at radius 3 is 1.43 bits per heavy atom. The van der Waals surface area contributed by atoms with Crippen LogP contribution in [-0.4, -0.2) is 11.3 Å². The second-order valence-electron chi connectivity index (χ2n) is 17.2. The molecule has 67 heavy (non-hydrogen) atoms. The van der Waals surface area contributed by atoms with Crippen LogP contribution < -0.4 is 26.2 Å². The molecule has 2 aliphatic heterocycles. The van der Waals surface area contributed by atoms with E-state index in [0.717, 1.165) is 28.4 Å². The maximum absolute atomic E-state index is 2.51. The summed E-state index contributed by atoms with van der Waals surface area (Å²) in [5.74, 6) is 0. The van der Waals surface area contributed by atoms with Crippen LogP contribution >= 0.6 is 34.9 Å². The van der Waals surface area contributed by atoms with E-state index in [-0.39, 0.29) is 6.71 Å². The van der Waals surface area contributed by atoms with Crippen molar-refractivity contribution < 1.29 is 0 Å². The molecule has 0 saturated heterocycles. The van der Waals surface area contributed by atoms with Crippen molar-refractivity contribution in [2.45, 2.75) is 19.6 Å². The maximum atomic E-state index is 2.51. The van der Waals surface area contributed by atoms with Crippen LogP contribution in [0.25, 0.3) is 47.7 Å². The summed E-state index contributed by atoms with van der Waals surface area (Å²) in [7, 11) is 0. The predicted octanol–water partition coefficient (Wildman–Crippen LogP) is 15.5. The molecule has 0 N–H and O–H groups in total. The fraction of sp³-hybridized carbons (Fsp3) is 0. The third-order valence-electron chi connectivity index (χ3n) is 13.4. The molecule has 0 saturated carbocycles. The van der Waals surface area contributed by atoms with Gasteiger partial charge in [0, 0.05) is 84.7 Å². The lowest BCUT2D eigenvalue weighted by molar-refractivity contribution is 1.14. The minimum Gasteiger partial charge on any atom is -0.310 e. The molecule has 14 rings (SSSR count). The predicted molar refractivity (Wildman–Crippen MR) is 289 cm³/mol. The average Bonchev–Trinajstić information content (AvgIpc) is 3.94. The van der Waals surface area contributed by atoms with E-state index in [9.17, 15) is 0 Å². The Hall–Kier alpha value is -7.42. The summed E-state index contributed by atoms with van der Waals surface area (Å²) in [5.41, 5.74) is 14.6. The van der Waals surface area contributed by atoms with Crippen LogP contribution in [0.4, 0.5) is 34.1 Å². The van der Waals surface area contributed by atoms with Gasteiger partial charge >= 0.3 is 0 Å². The summed E-state index contributed by atoms with van der Waals surface area (Å²) >= 11 is 5.81. The van der Waals surface area contributed by atoms with Crippen LogP contribution in [0.1, 0.15) is 0 Å². The second kappa shape index (κ2) is 15.6. The lowest BCUT2D eigenvalue weighted by Crippen LogP contribution is -2.58. The molecular weight excluding hydrogens is 870 g/mol. The van der Waals surface area contributed by atoms with Crippen LogP contribution in [0.3, 0.4) is 0 Å². The molecule has 314 valence electrons. The molecule has 0 spiro atoms. The Morgan fingerprint density at radius 1 is 0.373 bits per heavy atom. The molecular formula is C60H38BN3S3. The van der Waals surface area contributed by atoms with Gasteiger partial charge in [0.25, 0.3) is 0 Å². The molecule has 7 heteroatoms. The highest BCUT2D eigenvalue weighted by Crippen LogP contribution is 2.50. The van der Waals surface area contributed by atoms with Gasteiger partial charge in [-0.05, 0) is 108 Å². The SMILES string of the molecule is c1ccc(N(c2ccccc2)c2ccc3c(c2)Sc2cc(-n4c5ccccc5c5ccccc54)cc4c2B3c2c(cc(N(c3ccccc3)c3ccccc3)c3c2sc2ccccc23)S4)cc1. The number of anilines is 6. The highest BCUT2D eigenvalue weighted by Gasteiger charge is 2.41. The largest absolute Gasteiger partial charge is 0.310 e. The second-order valence-corrected chi connectivity index (χ2v) is 20.4. The van der Waals surface area contributed by atoms with Crippen molar-refractivity contribution in [1.82, 2.24) is 4.57 Å². The van der Waals surface area contributed by atoms with Gasteiger partial charge in [-0.15, -0.1) is 11.3 Å². The van der Waals surface area contributed by atoms with Gasteiger partial charge in [-0.1, -0.05) is 162 Å². The van der Waals surface area contributed by atoms with Gasteiger partial charge in [0.2, 0.25) is 6.71 Å². The molecule has 12 aromatic rings. The zero-order chi connectivity index (χ0) is 44.0. The molecule has 0 radical (unpaired) electrons. The van der Waals surface area contributed by atoms with Crippen molar-refractivity contribution in [3.05, 3.63) is 231 Å². The van der Waals surface area contributed by atoms with E-state index in [2.05, 4.69) is 245 Å². The number of aromatic nitrogens is 1. The highest BCUT2D eigenvalue weighted by molar-refractivity contribution is 8.01. The van der Waals surface area contributed by atoms with Gasteiger partial charge in [-0.3, -0.25) is 0 Å². The van der Waals surface area contributed by atoms with E-state index in [4.69, 9.17) is 0 Å². The molecule has 0 fully saturated rings. The monoisotopic (exact) mass is 907 g/mol. The lowest BCUT2D eigenvalue weighted by Gasteiger charge is -2.36. The van der Waals surface area contributed by atoms with E-state index in [1.54, 1.807) is 0 Å². The third-order valence-corrected chi connectivity index (χ3v) is 16.9. The Morgan fingerprint density at radius 2 is 0.851 bits per heavy atom. The zero-order valence-electron chi connectivity index (χ0n) is 36.1. The first kappa shape index (κ1) is 38.8. The Labute approximate surface area is 401 Å². The van der Waals surface area contributed by atoms with Gasteiger partial charge < -0.3 is 14.4 Å². The minimum absolute atomic E-state index is 0.0205. The van der Waals surface area contributed by atoms with Crippen LogP contribution in [0.5, 0.6) is 0 Å². The van der Waals surface area contributed by atoms with Gasteiger partial charge in [-0.2, -0.15) is 0 Å². The average molecular weight is 908 g/mol. The number of nitrogens with zero attached hydrogens (tertiary/aromatic N) is 3. The van der Waals surface area contributed by atoms with E-state index >= 15 is 0 Å². The van der Waals surface area contributed by atoms with E-state index in [1.165, 1.54) is 89.3 Å². The molecule has 10 aromatic carbocycles. The topological polar surface area (TPSA) is 11.4 Å². The normalized spacial score (nSPS) is 12.6. The summed E-state index contributed by atoms with van der Waals surface area (Å²) < 4.78 is 5.13. The van der Waals surface area contributed by atoms with E-state index in [1.807, 2.05) is 34.9 Å². The van der Waals surface area contributed by atoms with Crippen molar-refractivity contribution in [3.8, 4) is 5.69 Å². The number of rotatable bonds is 7. The summed E-state index contributed by atoms with van der Waals surface area (Å²) in [5, 5.41) is 5.12. The van der Waals surface area contributed by atoms with Gasteiger partial charge in [0.15, 0.2) is 0 Å². The van der Waals surface area contributed by atoms with Crippen molar-refractivity contribution in [3.63, 3.8) is 0 Å². The van der Waals surface area contributed by atoms with Gasteiger partial charge in [-0.25, -0.2) is 0 Å². The molecule has 0 aliphatic carbocycles. The van der Waals surface area contributed by atoms with Crippen LogP contribution in [0.15, 0.2) is 250 Å². The summed E-state index contributed by atoms with van der Waals surface area (Å²) in [6.45, 7) is 0.0205. The summed E-state index contributed by atoms with van der Waals surface area (Å²) in [4.78, 5) is 10.0. The summed E-state index contributed by atoms with van der Waals surface area (Å²) in [6, 6.07) is 84.7. The zero-order valence-corrected chi connectivity index (χ0v) is 38.5. The molecule has 0 amide bonds. The molecule has 2 aliphatic rings. The Kier molecular flexibility index (Phi) is 9.04. The number of para-hydroxylation sites is 6. The standard InChI is InChI=1S/C60H38BN3S3/c1-5-19-39(20-6-1)62(40-21-7-2-8-22-40)43-33-34-48-53(35-43)65-54-36-44(64-49-30-16-13-27-45(49)46-28-14-17-31-50(46)64)37-55-58(54)61(48)59-56(66-55)38-51(57-47-29-15-18-32-52(47)67-60(57)59)63(41-23-9-3-10-24-41)42-25-11-4-12-26-42/h1-38H. The number of hydrogen-bond donors (Lipinski definition) is 0.